The summed E-state index contributed by atoms with van der Waals surface area (Å²) in [4.78, 5) is 10.9. The van der Waals surface area contributed by atoms with E-state index >= 15 is 0 Å². The summed E-state index contributed by atoms with van der Waals surface area (Å²) in [5.41, 5.74) is 1.48. The smallest absolute Gasteiger partial charge is 0.243 e. The third kappa shape index (κ3) is 3.85. The molecular formula is C19H21ClN6O2S. The van der Waals surface area contributed by atoms with Crippen molar-refractivity contribution in [1.29, 1.82) is 0 Å². The second-order valence-electron chi connectivity index (χ2n) is 6.89. The molecule has 1 aliphatic heterocycles. The molecule has 3 heterocycles. The van der Waals surface area contributed by atoms with Crippen molar-refractivity contribution < 1.29 is 8.42 Å². The predicted octanol–water partition coefficient (Wildman–Crippen LogP) is 2.44. The molecule has 2 aromatic heterocycles. The molecule has 8 nitrogen and oxygen atoms in total. The summed E-state index contributed by atoms with van der Waals surface area (Å²) >= 11 is 6.12. The third-order valence-corrected chi connectivity index (χ3v) is 7.45. The van der Waals surface area contributed by atoms with Crippen LogP contribution in [0.25, 0.3) is 5.82 Å². The van der Waals surface area contributed by atoms with Crippen LogP contribution in [-0.4, -0.2) is 58.7 Å². The minimum absolute atomic E-state index is 0.261. The zero-order chi connectivity index (χ0) is 20.6. The predicted molar refractivity (Wildman–Crippen MR) is 111 cm³/mol. The maximum Gasteiger partial charge on any atom is 0.243 e. The molecule has 0 atom stereocenters. The third-order valence-electron chi connectivity index (χ3n) is 4.99. The highest BCUT2D eigenvalue weighted by Crippen LogP contribution is 2.27. The first-order chi connectivity index (χ1) is 13.9. The minimum atomic E-state index is -3.59. The van der Waals surface area contributed by atoms with Crippen LogP contribution in [0.15, 0.2) is 47.8 Å². The number of benzene rings is 1. The Morgan fingerprint density at radius 3 is 2.41 bits per heavy atom. The number of aromatic nitrogens is 4. The highest BCUT2D eigenvalue weighted by Gasteiger charge is 2.30. The number of rotatable bonds is 4. The minimum Gasteiger partial charge on any atom is -0.354 e. The van der Waals surface area contributed by atoms with Gasteiger partial charge in [-0.05, 0) is 37.6 Å². The molecule has 10 heteroatoms. The lowest BCUT2D eigenvalue weighted by molar-refractivity contribution is 0.383. The molecule has 29 heavy (non-hydrogen) atoms. The second kappa shape index (κ2) is 7.74. The van der Waals surface area contributed by atoms with E-state index in [4.69, 9.17) is 11.6 Å². The van der Waals surface area contributed by atoms with Crippen LogP contribution in [0, 0.1) is 13.8 Å². The molecule has 0 spiro atoms. The van der Waals surface area contributed by atoms with Crippen molar-refractivity contribution in [2.24, 2.45) is 0 Å². The van der Waals surface area contributed by atoms with Crippen LogP contribution < -0.4 is 4.90 Å². The quantitative estimate of drug-likeness (QED) is 0.629. The average molecular weight is 433 g/mol. The van der Waals surface area contributed by atoms with Gasteiger partial charge in [0.2, 0.25) is 10.0 Å². The Balaban J connectivity index is 1.51. The van der Waals surface area contributed by atoms with Gasteiger partial charge in [-0.25, -0.2) is 23.1 Å². The van der Waals surface area contributed by atoms with Crippen LogP contribution in [0.4, 0.5) is 5.82 Å². The highest BCUT2D eigenvalue weighted by atomic mass is 35.5. The van der Waals surface area contributed by atoms with E-state index < -0.39 is 10.0 Å². The van der Waals surface area contributed by atoms with Gasteiger partial charge in [0.1, 0.15) is 12.1 Å². The lowest BCUT2D eigenvalue weighted by atomic mass is 10.2. The van der Waals surface area contributed by atoms with Crippen molar-refractivity contribution in [3.8, 4) is 5.82 Å². The first-order valence-electron chi connectivity index (χ1n) is 9.21. The number of anilines is 1. The molecule has 1 fully saturated rings. The standard InChI is InChI=1S/C19H21ClN6O2S/c1-14-6-7-26(23-14)19-12-18(21-13-22-19)24-8-10-25(11-9-24)29(27,28)17-5-3-4-16(20)15(17)2/h3-7,12-13H,8-11H2,1-2H3. The number of halogens is 1. The van der Waals surface area contributed by atoms with Crippen LogP contribution in [-0.2, 0) is 10.0 Å². The Morgan fingerprint density at radius 2 is 1.72 bits per heavy atom. The second-order valence-corrected chi connectivity index (χ2v) is 9.20. The van der Waals surface area contributed by atoms with E-state index in [0.29, 0.717) is 42.6 Å². The van der Waals surface area contributed by atoms with E-state index in [2.05, 4.69) is 20.0 Å². The van der Waals surface area contributed by atoms with Crippen molar-refractivity contribution in [3.05, 3.63) is 59.1 Å². The number of piperazine rings is 1. The summed E-state index contributed by atoms with van der Waals surface area (Å²) in [6.07, 6.45) is 3.35. The Morgan fingerprint density at radius 1 is 1.00 bits per heavy atom. The van der Waals surface area contributed by atoms with Crippen molar-refractivity contribution in [1.82, 2.24) is 24.1 Å². The highest BCUT2D eigenvalue weighted by molar-refractivity contribution is 7.89. The maximum atomic E-state index is 13.1. The zero-order valence-electron chi connectivity index (χ0n) is 16.2. The van der Waals surface area contributed by atoms with Gasteiger partial charge >= 0.3 is 0 Å². The molecule has 0 amide bonds. The van der Waals surface area contributed by atoms with Gasteiger partial charge in [-0.15, -0.1) is 0 Å². The fourth-order valence-corrected chi connectivity index (χ4v) is 5.24. The van der Waals surface area contributed by atoms with Gasteiger partial charge in [-0.3, -0.25) is 0 Å². The van der Waals surface area contributed by atoms with E-state index in [-0.39, 0.29) is 4.90 Å². The molecule has 0 radical (unpaired) electrons. The molecule has 4 rings (SSSR count). The molecule has 1 aromatic carbocycles. The normalized spacial score (nSPS) is 15.6. The number of sulfonamides is 1. The van der Waals surface area contributed by atoms with Crippen LogP contribution in [0.1, 0.15) is 11.3 Å². The average Bonchev–Trinajstić information content (AvgIpc) is 3.16. The van der Waals surface area contributed by atoms with Gasteiger partial charge in [0.15, 0.2) is 5.82 Å². The fourth-order valence-electron chi connectivity index (χ4n) is 3.34. The lowest BCUT2D eigenvalue weighted by Crippen LogP contribution is -2.49. The number of aryl methyl sites for hydroxylation is 1. The Labute approximate surface area is 174 Å². The Kier molecular flexibility index (Phi) is 5.28. The van der Waals surface area contributed by atoms with E-state index in [1.165, 1.54) is 10.6 Å². The molecule has 0 bridgehead atoms. The summed E-state index contributed by atoms with van der Waals surface area (Å²) in [5.74, 6) is 1.42. The van der Waals surface area contributed by atoms with Crippen molar-refractivity contribution in [3.63, 3.8) is 0 Å². The molecular weight excluding hydrogens is 412 g/mol. The van der Waals surface area contributed by atoms with Gasteiger partial charge in [0, 0.05) is 43.5 Å². The SMILES string of the molecule is Cc1ccn(-c2cc(N3CCN(S(=O)(=O)c4cccc(Cl)c4C)CC3)ncn2)n1. The fraction of sp³-hybridized carbons (Fsp3) is 0.316. The van der Waals surface area contributed by atoms with Crippen molar-refractivity contribution >= 4 is 27.4 Å². The van der Waals surface area contributed by atoms with Crippen LogP contribution in [0.2, 0.25) is 5.02 Å². The molecule has 1 aliphatic rings. The van der Waals surface area contributed by atoms with Crippen molar-refractivity contribution in [2.75, 3.05) is 31.1 Å². The van der Waals surface area contributed by atoms with E-state index in [9.17, 15) is 8.42 Å². The molecule has 0 saturated carbocycles. The molecule has 0 N–H and O–H groups in total. The number of hydrogen-bond donors (Lipinski definition) is 0. The summed E-state index contributed by atoms with van der Waals surface area (Å²) in [7, 11) is -3.59. The molecule has 0 unspecified atom stereocenters. The zero-order valence-corrected chi connectivity index (χ0v) is 17.7. The van der Waals surface area contributed by atoms with E-state index in [1.54, 1.807) is 29.8 Å². The molecule has 1 saturated heterocycles. The lowest BCUT2D eigenvalue weighted by Gasteiger charge is -2.35. The van der Waals surface area contributed by atoms with Gasteiger partial charge in [0.25, 0.3) is 0 Å². The molecule has 0 aliphatic carbocycles. The van der Waals surface area contributed by atoms with Gasteiger partial charge in [0.05, 0.1) is 10.6 Å². The summed E-state index contributed by atoms with van der Waals surface area (Å²) < 4.78 is 29.3. The summed E-state index contributed by atoms with van der Waals surface area (Å²) in [6, 6.07) is 8.73. The maximum absolute atomic E-state index is 13.1. The summed E-state index contributed by atoms with van der Waals surface area (Å²) in [6.45, 7) is 5.45. The van der Waals surface area contributed by atoms with Crippen LogP contribution >= 0.6 is 11.6 Å². The number of nitrogens with zero attached hydrogens (tertiary/aromatic N) is 6. The largest absolute Gasteiger partial charge is 0.354 e. The molecule has 152 valence electrons. The first kappa shape index (κ1) is 19.8. The monoisotopic (exact) mass is 432 g/mol. The van der Waals surface area contributed by atoms with Crippen LogP contribution in [0.5, 0.6) is 0 Å². The topological polar surface area (TPSA) is 84.2 Å². The van der Waals surface area contributed by atoms with Gasteiger partial charge < -0.3 is 4.90 Å². The van der Waals surface area contributed by atoms with Gasteiger partial charge in [-0.1, -0.05) is 17.7 Å². The van der Waals surface area contributed by atoms with Crippen LogP contribution in [0.3, 0.4) is 0 Å². The van der Waals surface area contributed by atoms with Crippen molar-refractivity contribution in [2.45, 2.75) is 18.7 Å². The number of hydrogen-bond acceptors (Lipinski definition) is 6. The first-order valence-corrected chi connectivity index (χ1v) is 11.0. The van der Waals surface area contributed by atoms with E-state index in [1.807, 2.05) is 25.3 Å². The Bertz CT molecular complexity index is 1140. The molecule has 3 aromatic rings. The van der Waals surface area contributed by atoms with Gasteiger partial charge in [-0.2, -0.15) is 9.40 Å². The van der Waals surface area contributed by atoms with E-state index in [0.717, 1.165) is 11.5 Å². The summed E-state index contributed by atoms with van der Waals surface area (Å²) in [5, 5.41) is 4.82. The Hall–Kier alpha value is -2.49.